The van der Waals surface area contributed by atoms with Crippen molar-refractivity contribution in [2.75, 3.05) is 26.7 Å². The van der Waals surface area contributed by atoms with Crippen LogP contribution in [0, 0.1) is 5.92 Å². The molecule has 1 saturated heterocycles. The normalized spacial score (nSPS) is 20.2. The predicted molar refractivity (Wildman–Crippen MR) is 75.7 cm³/mol. The van der Waals surface area contributed by atoms with Crippen LogP contribution in [0.2, 0.25) is 5.02 Å². The van der Waals surface area contributed by atoms with E-state index in [4.69, 9.17) is 11.6 Å². The van der Waals surface area contributed by atoms with Crippen LogP contribution >= 0.6 is 11.6 Å². The number of nitrogens with one attached hydrogen (secondary N) is 1. The molecule has 1 atom stereocenters. The standard InChI is InChI=1S/C14H19ClN2O2/c1-17-6-2-3-10(9-17)8-16-14(19)12-7-11(15)4-5-13(12)18/h4-5,7,10,18H,2-3,6,8-9H2,1H3,(H,16,19). The molecule has 1 fully saturated rings. The minimum absolute atomic E-state index is 0.0392. The van der Waals surface area contributed by atoms with Crippen LogP contribution in [0.3, 0.4) is 0 Å². The molecule has 0 radical (unpaired) electrons. The molecule has 19 heavy (non-hydrogen) atoms. The molecule has 1 aromatic rings. The number of carbonyl (C=O) groups excluding carboxylic acids is 1. The zero-order chi connectivity index (χ0) is 13.8. The molecule has 0 aromatic heterocycles. The van der Waals surface area contributed by atoms with Crippen LogP contribution in [0.1, 0.15) is 23.2 Å². The summed E-state index contributed by atoms with van der Waals surface area (Å²) in [7, 11) is 2.09. The van der Waals surface area contributed by atoms with E-state index < -0.39 is 0 Å². The molecule has 1 unspecified atom stereocenters. The summed E-state index contributed by atoms with van der Waals surface area (Å²) in [5.41, 5.74) is 0.233. The first-order chi connectivity index (χ1) is 9.06. The lowest BCUT2D eigenvalue weighted by atomic mass is 9.98. The van der Waals surface area contributed by atoms with Crippen LogP contribution in [-0.2, 0) is 0 Å². The van der Waals surface area contributed by atoms with Crippen LogP contribution in [0.4, 0.5) is 0 Å². The van der Waals surface area contributed by atoms with E-state index in [0.717, 1.165) is 19.5 Å². The van der Waals surface area contributed by atoms with Gasteiger partial charge in [0.2, 0.25) is 0 Å². The number of benzene rings is 1. The highest BCUT2D eigenvalue weighted by atomic mass is 35.5. The van der Waals surface area contributed by atoms with Crippen LogP contribution in [0.15, 0.2) is 18.2 Å². The third-order valence-corrected chi connectivity index (χ3v) is 3.71. The molecule has 1 aromatic carbocycles. The number of aromatic hydroxyl groups is 1. The molecule has 0 spiro atoms. The predicted octanol–water partition coefficient (Wildman–Crippen LogP) is 2.12. The molecule has 0 saturated carbocycles. The Hall–Kier alpha value is -1.26. The van der Waals surface area contributed by atoms with Crippen molar-refractivity contribution >= 4 is 17.5 Å². The summed E-state index contributed by atoms with van der Waals surface area (Å²) in [4.78, 5) is 14.3. The summed E-state index contributed by atoms with van der Waals surface area (Å²) in [6, 6.07) is 4.48. The molecule has 1 aliphatic heterocycles. The minimum atomic E-state index is -0.270. The van der Waals surface area contributed by atoms with E-state index in [9.17, 15) is 9.90 Å². The Balaban J connectivity index is 1.92. The molecule has 2 N–H and O–H groups in total. The summed E-state index contributed by atoms with van der Waals surface area (Å²) < 4.78 is 0. The average molecular weight is 283 g/mol. The Labute approximate surface area is 118 Å². The van der Waals surface area contributed by atoms with Crippen molar-refractivity contribution in [3.05, 3.63) is 28.8 Å². The van der Waals surface area contributed by atoms with Crippen LogP contribution in [-0.4, -0.2) is 42.6 Å². The number of likely N-dealkylation sites (tertiary alicyclic amines) is 1. The van der Waals surface area contributed by atoms with Crippen LogP contribution < -0.4 is 5.32 Å². The van der Waals surface area contributed by atoms with Crippen molar-refractivity contribution in [2.24, 2.45) is 5.92 Å². The van der Waals surface area contributed by atoms with Gasteiger partial charge in [-0.2, -0.15) is 0 Å². The van der Waals surface area contributed by atoms with Crippen LogP contribution in [0.5, 0.6) is 5.75 Å². The number of amides is 1. The van der Waals surface area contributed by atoms with Gasteiger partial charge < -0.3 is 15.3 Å². The van der Waals surface area contributed by atoms with Crippen molar-refractivity contribution in [3.63, 3.8) is 0 Å². The Morgan fingerprint density at radius 1 is 1.58 bits per heavy atom. The smallest absolute Gasteiger partial charge is 0.255 e. The molecule has 2 rings (SSSR count). The zero-order valence-electron chi connectivity index (χ0n) is 11.0. The Bertz CT molecular complexity index is 465. The van der Waals surface area contributed by atoms with Crippen molar-refractivity contribution < 1.29 is 9.90 Å². The molecule has 1 amide bonds. The lowest BCUT2D eigenvalue weighted by Crippen LogP contribution is -2.39. The van der Waals surface area contributed by atoms with E-state index in [2.05, 4.69) is 17.3 Å². The van der Waals surface area contributed by atoms with E-state index in [0.29, 0.717) is 17.5 Å². The maximum absolute atomic E-state index is 12.0. The zero-order valence-corrected chi connectivity index (χ0v) is 11.8. The number of piperidine rings is 1. The van der Waals surface area contributed by atoms with E-state index in [1.165, 1.54) is 18.6 Å². The number of rotatable bonds is 3. The highest BCUT2D eigenvalue weighted by Gasteiger charge is 2.19. The molecule has 0 aliphatic carbocycles. The Kier molecular flexibility index (Phi) is 4.66. The SMILES string of the molecule is CN1CCCC(CNC(=O)c2cc(Cl)ccc2O)C1. The third-order valence-electron chi connectivity index (χ3n) is 3.48. The Morgan fingerprint density at radius 3 is 3.11 bits per heavy atom. The van der Waals surface area contributed by atoms with Gasteiger partial charge in [-0.1, -0.05) is 11.6 Å². The molecule has 1 aliphatic rings. The minimum Gasteiger partial charge on any atom is -0.507 e. The number of hydrogen-bond acceptors (Lipinski definition) is 3. The summed E-state index contributed by atoms with van der Waals surface area (Å²) in [6.45, 7) is 2.76. The van der Waals surface area contributed by atoms with E-state index in [1.54, 1.807) is 6.07 Å². The average Bonchev–Trinajstić information content (AvgIpc) is 2.39. The Morgan fingerprint density at radius 2 is 2.37 bits per heavy atom. The molecule has 0 bridgehead atoms. The fourth-order valence-corrected chi connectivity index (χ4v) is 2.63. The van der Waals surface area contributed by atoms with Gasteiger partial charge in [0.05, 0.1) is 5.56 Å². The van der Waals surface area contributed by atoms with Gasteiger partial charge in [-0.05, 0) is 50.6 Å². The summed E-state index contributed by atoms with van der Waals surface area (Å²) in [6.07, 6.45) is 2.30. The number of phenolic OH excluding ortho intramolecular Hbond substituents is 1. The maximum Gasteiger partial charge on any atom is 0.255 e. The lowest BCUT2D eigenvalue weighted by Gasteiger charge is -2.29. The number of phenols is 1. The first-order valence-electron chi connectivity index (χ1n) is 6.51. The second-order valence-corrected chi connectivity index (χ2v) is 5.58. The number of halogens is 1. The fraction of sp³-hybridized carbons (Fsp3) is 0.500. The van der Waals surface area contributed by atoms with Gasteiger partial charge in [0.25, 0.3) is 5.91 Å². The largest absolute Gasteiger partial charge is 0.507 e. The first kappa shape index (κ1) is 14.2. The number of nitrogens with zero attached hydrogens (tertiary/aromatic N) is 1. The second-order valence-electron chi connectivity index (χ2n) is 5.14. The van der Waals surface area contributed by atoms with Gasteiger partial charge in [0.1, 0.15) is 5.75 Å². The van der Waals surface area contributed by atoms with Crippen LogP contribution in [0.25, 0.3) is 0 Å². The monoisotopic (exact) mass is 282 g/mol. The molecule has 1 heterocycles. The van der Waals surface area contributed by atoms with E-state index >= 15 is 0 Å². The highest BCUT2D eigenvalue weighted by molar-refractivity contribution is 6.31. The maximum atomic E-state index is 12.0. The number of hydrogen-bond donors (Lipinski definition) is 2. The topological polar surface area (TPSA) is 52.6 Å². The van der Waals surface area contributed by atoms with Gasteiger partial charge in [-0.15, -0.1) is 0 Å². The molecule has 5 heteroatoms. The summed E-state index contributed by atoms with van der Waals surface area (Å²) in [5.74, 6) is 0.167. The van der Waals surface area contributed by atoms with Gasteiger partial charge >= 0.3 is 0 Å². The molecular weight excluding hydrogens is 264 g/mol. The highest BCUT2D eigenvalue weighted by Crippen LogP contribution is 2.21. The number of carbonyl (C=O) groups is 1. The van der Waals surface area contributed by atoms with Gasteiger partial charge in [0, 0.05) is 18.1 Å². The van der Waals surface area contributed by atoms with E-state index in [1.807, 2.05) is 0 Å². The summed E-state index contributed by atoms with van der Waals surface area (Å²) >= 11 is 5.83. The quantitative estimate of drug-likeness (QED) is 0.893. The van der Waals surface area contributed by atoms with Crippen molar-refractivity contribution in [3.8, 4) is 5.75 Å². The summed E-state index contributed by atoms with van der Waals surface area (Å²) in [5, 5.41) is 13.0. The molecular formula is C14H19ClN2O2. The van der Waals surface area contributed by atoms with Gasteiger partial charge in [-0.25, -0.2) is 0 Å². The lowest BCUT2D eigenvalue weighted by molar-refractivity contribution is 0.0934. The second kappa shape index (κ2) is 6.26. The van der Waals surface area contributed by atoms with Crippen molar-refractivity contribution in [2.45, 2.75) is 12.8 Å². The van der Waals surface area contributed by atoms with Crippen molar-refractivity contribution in [1.82, 2.24) is 10.2 Å². The van der Waals surface area contributed by atoms with Crippen molar-refractivity contribution in [1.29, 1.82) is 0 Å². The first-order valence-corrected chi connectivity index (χ1v) is 6.89. The van der Waals surface area contributed by atoms with Gasteiger partial charge in [-0.3, -0.25) is 4.79 Å². The fourth-order valence-electron chi connectivity index (χ4n) is 2.46. The van der Waals surface area contributed by atoms with E-state index in [-0.39, 0.29) is 17.2 Å². The molecule has 104 valence electrons. The van der Waals surface area contributed by atoms with Gasteiger partial charge in [0.15, 0.2) is 0 Å². The third kappa shape index (κ3) is 3.85. The molecule has 4 nitrogen and oxygen atoms in total.